The van der Waals surface area contributed by atoms with E-state index in [1.54, 1.807) is 17.5 Å². The molecule has 1 aliphatic carbocycles. The summed E-state index contributed by atoms with van der Waals surface area (Å²) in [4.78, 5) is 31.4. The van der Waals surface area contributed by atoms with E-state index in [-0.39, 0.29) is 18.2 Å². The number of nitrogens with one attached hydrogen (secondary N) is 2. The van der Waals surface area contributed by atoms with Crippen molar-refractivity contribution in [3.63, 3.8) is 0 Å². The third-order valence-electron chi connectivity index (χ3n) is 5.28. The number of fused-ring (bicyclic) bond motifs is 1. The van der Waals surface area contributed by atoms with Gasteiger partial charge in [-0.15, -0.1) is 11.3 Å². The zero-order valence-corrected chi connectivity index (χ0v) is 17.8. The van der Waals surface area contributed by atoms with E-state index in [4.69, 9.17) is 0 Å². The summed E-state index contributed by atoms with van der Waals surface area (Å²) in [5, 5.41) is 6.78. The van der Waals surface area contributed by atoms with E-state index in [1.807, 2.05) is 49.4 Å². The molecule has 1 amide bonds. The fourth-order valence-electron chi connectivity index (χ4n) is 3.72. The van der Waals surface area contributed by atoms with Crippen molar-refractivity contribution in [2.75, 3.05) is 11.9 Å². The molecule has 0 atom stereocenters. The highest BCUT2D eigenvalue weighted by molar-refractivity contribution is 7.17. The third-order valence-corrected chi connectivity index (χ3v) is 6.49. The number of carbonyl (C=O) groups excluding carboxylic acids is 2. The highest BCUT2D eigenvalue weighted by atomic mass is 32.1. The molecule has 30 heavy (non-hydrogen) atoms. The lowest BCUT2D eigenvalue weighted by atomic mass is 9.91. The van der Waals surface area contributed by atoms with Gasteiger partial charge in [-0.25, -0.2) is 0 Å². The van der Waals surface area contributed by atoms with Crippen molar-refractivity contribution in [1.82, 2.24) is 10.3 Å². The molecule has 2 N–H and O–H groups in total. The smallest absolute Gasteiger partial charge is 0.238 e. The summed E-state index contributed by atoms with van der Waals surface area (Å²) in [7, 11) is 0. The van der Waals surface area contributed by atoms with E-state index in [1.165, 1.54) is 4.88 Å². The van der Waals surface area contributed by atoms with Gasteiger partial charge in [0.2, 0.25) is 5.91 Å². The second-order valence-electron chi connectivity index (χ2n) is 7.58. The van der Waals surface area contributed by atoms with E-state index < -0.39 is 0 Å². The second kappa shape index (κ2) is 9.32. The van der Waals surface area contributed by atoms with Crippen LogP contribution in [0.1, 0.15) is 50.5 Å². The number of aromatic nitrogens is 1. The largest absolute Gasteiger partial charge is 0.316 e. The van der Waals surface area contributed by atoms with Crippen molar-refractivity contribution in [1.29, 1.82) is 0 Å². The molecule has 0 saturated carbocycles. The third kappa shape index (κ3) is 4.66. The number of nitrogens with zero attached hydrogens (tertiary/aromatic N) is 1. The Morgan fingerprint density at radius 2 is 1.87 bits per heavy atom. The van der Waals surface area contributed by atoms with Crippen LogP contribution in [0, 0.1) is 6.92 Å². The number of rotatable bonds is 7. The van der Waals surface area contributed by atoms with Gasteiger partial charge in [-0.05, 0) is 50.3 Å². The molecule has 3 aromatic rings. The summed E-state index contributed by atoms with van der Waals surface area (Å²) < 4.78 is 0. The van der Waals surface area contributed by atoms with Gasteiger partial charge < -0.3 is 10.6 Å². The van der Waals surface area contributed by atoms with Crippen LogP contribution in [0.5, 0.6) is 0 Å². The minimum atomic E-state index is -0.150. The summed E-state index contributed by atoms with van der Waals surface area (Å²) >= 11 is 1.55. The second-order valence-corrected chi connectivity index (χ2v) is 8.69. The van der Waals surface area contributed by atoms with Gasteiger partial charge in [0.1, 0.15) is 5.00 Å². The van der Waals surface area contributed by atoms with E-state index in [2.05, 4.69) is 15.6 Å². The Morgan fingerprint density at radius 3 is 2.63 bits per heavy atom. The normalized spacial score (nSPS) is 13.0. The lowest BCUT2D eigenvalue weighted by Gasteiger charge is -2.13. The fraction of sp³-hybridized carbons (Fsp3) is 0.292. The quantitative estimate of drug-likeness (QED) is 0.561. The fourth-order valence-corrected chi connectivity index (χ4v) is 5.02. The van der Waals surface area contributed by atoms with E-state index in [0.717, 1.165) is 42.5 Å². The van der Waals surface area contributed by atoms with Gasteiger partial charge in [0, 0.05) is 23.2 Å². The van der Waals surface area contributed by atoms with Gasteiger partial charge in [-0.3, -0.25) is 14.6 Å². The van der Waals surface area contributed by atoms with E-state index in [0.29, 0.717) is 22.7 Å². The maximum Gasteiger partial charge on any atom is 0.238 e. The highest BCUT2D eigenvalue weighted by Crippen LogP contribution is 2.39. The first-order chi connectivity index (χ1) is 14.6. The maximum absolute atomic E-state index is 13.3. The number of hydrogen-bond donors (Lipinski definition) is 2. The van der Waals surface area contributed by atoms with Crippen molar-refractivity contribution in [3.05, 3.63) is 81.5 Å². The van der Waals surface area contributed by atoms with Crippen molar-refractivity contribution in [3.8, 4) is 0 Å². The monoisotopic (exact) mass is 419 g/mol. The number of aryl methyl sites for hydroxylation is 2. The molecular weight excluding hydrogens is 394 g/mol. The van der Waals surface area contributed by atoms with Crippen molar-refractivity contribution in [2.45, 2.75) is 39.2 Å². The van der Waals surface area contributed by atoms with Crippen LogP contribution in [-0.2, 0) is 24.2 Å². The van der Waals surface area contributed by atoms with Crippen molar-refractivity contribution < 1.29 is 9.59 Å². The molecule has 0 saturated heterocycles. The van der Waals surface area contributed by atoms with Gasteiger partial charge in [-0.1, -0.05) is 35.9 Å². The SMILES string of the molecule is Cc1ccc(C(=O)c2c(NC(=O)CNCc3ccccn3)sc3c2CCCC3)cc1. The summed E-state index contributed by atoms with van der Waals surface area (Å²) in [6, 6.07) is 13.3. The molecule has 0 fully saturated rings. The number of carbonyl (C=O) groups is 2. The maximum atomic E-state index is 13.3. The molecular formula is C24H25N3O2S. The number of ketones is 1. The highest BCUT2D eigenvalue weighted by Gasteiger charge is 2.27. The number of amides is 1. The molecule has 4 rings (SSSR count). The first-order valence-corrected chi connectivity index (χ1v) is 11.1. The number of anilines is 1. The van der Waals surface area contributed by atoms with Gasteiger partial charge >= 0.3 is 0 Å². The van der Waals surface area contributed by atoms with Crippen LogP contribution < -0.4 is 10.6 Å². The number of hydrogen-bond acceptors (Lipinski definition) is 5. The lowest BCUT2D eigenvalue weighted by molar-refractivity contribution is -0.115. The van der Waals surface area contributed by atoms with Gasteiger partial charge in [-0.2, -0.15) is 0 Å². The topological polar surface area (TPSA) is 71.1 Å². The zero-order valence-electron chi connectivity index (χ0n) is 17.0. The number of pyridine rings is 1. The average Bonchev–Trinajstić information content (AvgIpc) is 3.12. The molecule has 5 nitrogen and oxygen atoms in total. The molecule has 0 spiro atoms. The summed E-state index contributed by atoms with van der Waals surface area (Å²) in [5.74, 6) is -0.159. The molecule has 0 bridgehead atoms. The molecule has 0 radical (unpaired) electrons. The predicted octanol–water partition coefficient (Wildman–Crippen LogP) is 4.29. The molecule has 2 aromatic heterocycles. The Morgan fingerprint density at radius 1 is 1.07 bits per heavy atom. The Labute approximate surface area is 180 Å². The first kappa shape index (κ1) is 20.4. The molecule has 1 aromatic carbocycles. The first-order valence-electron chi connectivity index (χ1n) is 10.3. The van der Waals surface area contributed by atoms with Crippen LogP contribution in [0.4, 0.5) is 5.00 Å². The Bertz CT molecular complexity index is 1040. The Hall–Kier alpha value is -2.83. The van der Waals surface area contributed by atoms with E-state index >= 15 is 0 Å². The van der Waals surface area contributed by atoms with Gasteiger partial charge in [0.15, 0.2) is 5.78 Å². The minimum Gasteiger partial charge on any atom is -0.316 e. The number of benzene rings is 1. The van der Waals surface area contributed by atoms with Crippen LogP contribution in [0.15, 0.2) is 48.7 Å². The predicted molar refractivity (Wildman–Crippen MR) is 120 cm³/mol. The average molecular weight is 420 g/mol. The van der Waals surface area contributed by atoms with Crippen LogP contribution in [0.25, 0.3) is 0 Å². The van der Waals surface area contributed by atoms with Crippen molar-refractivity contribution in [2.24, 2.45) is 0 Å². The van der Waals surface area contributed by atoms with Crippen LogP contribution in [0.2, 0.25) is 0 Å². The van der Waals surface area contributed by atoms with Crippen LogP contribution in [0.3, 0.4) is 0 Å². The van der Waals surface area contributed by atoms with Crippen LogP contribution >= 0.6 is 11.3 Å². The molecule has 0 unspecified atom stereocenters. The molecule has 6 heteroatoms. The molecule has 0 aliphatic heterocycles. The Kier molecular flexibility index (Phi) is 6.35. The summed E-state index contributed by atoms with van der Waals surface area (Å²) in [6.07, 6.45) is 5.81. The van der Waals surface area contributed by atoms with Crippen molar-refractivity contribution >= 4 is 28.0 Å². The summed E-state index contributed by atoms with van der Waals surface area (Å²) in [6.45, 7) is 2.69. The lowest BCUT2D eigenvalue weighted by Crippen LogP contribution is -2.28. The molecule has 2 heterocycles. The Balaban J connectivity index is 1.51. The van der Waals surface area contributed by atoms with Crippen LogP contribution in [-0.4, -0.2) is 23.2 Å². The summed E-state index contributed by atoms with van der Waals surface area (Å²) in [5.41, 5.74) is 4.46. The molecule has 154 valence electrons. The zero-order chi connectivity index (χ0) is 20.9. The minimum absolute atomic E-state index is 0.00820. The standard InChI is InChI=1S/C24H25N3O2S/c1-16-9-11-17(12-10-16)23(29)22-19-7-2-3-8-20(19)30-24(22)27-21(28)15-25-14-18-6-4-5-13-26-18/h4-6,9-13,25H,2-3,7-8,14-15H2,1H3,(H,27,28). The molecule has 1 aliphatic rings. The number of thiophene rings is 1. The van der Waals surface area contributed by atoms with E-state index in [9.17, 15) is 9.59 Å². The van der Waals surface area contributed by atoms with Gasteiger partial charge in [0.25, 0.3) is 0 Å². The van der Waals surface area contributed by atoms with Gasteiger partial charge in [0.05, 0.1) is 17.8 Å².